The lowest BCUT2D eigenvalue weighted by atomic mass is 10.0. The Balaban J connectivity index is 1.17. The second-order valence-electron chi connectivity index (χ2n) is 12.3. The summed E-state index contributed by atoms with van der Waals surface area (Å²) in [4.78, 5) is 10.4. The largest absolute Gasteiger partial charge is 0.309 e. The van der Waals surface area contributed by atoms with Gasteiger partial charge in [-0.2, -0.15) is 0 Å². The molecule has 0 aliphatic carbocycles. The maximum absolute atomic E-state index is 5.31. The van der Waals surface area contributed by atoms with Crippen molar-refractivity contribution < 1.29 is 0 Å². The average molecular weight is 613 g/mol. The first-order valence-corrected chi connectivity index (χ1v) is 16.3. The summed E-state index contributed by atoms with van der Waals surface area (Å²) in [5.74, 6) is 0.712. The van der Waals surface area contributed by atoms with E-state index in [0.29, 0.717) is 5.82 Å². The molecule has 48 heavy (non-hydrogen) atoms. The summed E-state index contributed by atoms with van der Waals surface area (Å²) in [5.41, 5.74) is 10.8. The van der Waals surface area contributed by atoms with Crippen molar-refractivity contribution in [2.24, 2.45) is 0 Å². The minimum Gasteiger partial charge on any atom is -0.309 e. The third-order valence-electron chi connectivity index (χ3n) is 9.51. The highest BCUT2D eigenvalue weighted by atomic mass is 15.0. The molecule has 10 rings (SSSR count). The molecule has 0 saturated heterocycles. The molecule has 0 unspecified atom stereocenters. The first-order chi connectivity index (χ1) is 23.8. The highest BCUT2D eigenvalue weighted by Crippen LogP contribution is 2.37. The van der Waals surface area contributed by atoms with Crippen LogP contribution in [0.5, 0.6) is 0 Å². The van der Waals surface area contributed by atoms with Gasteiger partial charge >= 0.3 is 0 Å². The molecule has 0 bridgehead atoms. The van der Waals surface area contributed by atoms with Crippen molar-refractivity contribution in [2.45, 2.75) is 0 Å². The summed E-state index contributed by atoms with van der Waals surface area (Å²) in [6, 6.07) is 60.1. The molecule has 224 valence electrons. The predicted octanol–water partition coefficient (Wildman–Crippen LogP) is 11.2. The Kier molecular flexibility index (Phi) is 5.84. The fraction of sp³-hybridized carbons (Fsp3) is 0. The minimum absolute atomic E-state index is 0.712. The molecule has 0 aliphatic heterocycles. The van der Waals surface area contributed by atoms with E-state index in [0.717, 1.165) is 44.6 Å². The number of nitrogens with zero attached hydrogens (tertiary/aromatic N) is 4. The number of fused-ring (bicyclic) bond motifs is 7. The van der Waals surface area contributed by atoms with Crippen molar-refractivity contribution in [1.82, 2.24) is 19.1 Å². The van der Waals surface area contributed by atoms with Crippen molar-refractivity contribution in [3.63, 3.8) is 0 Å². The van der Waals surface area contributed by atoms with Crippen molar-refractivity contribution >= 4 is 54.5 Å². The van der Waals surface area contributed by atoms with E-state index in [2.05, 4.69) is 173 Å². The van der Waals surface area contributed by atoms with Crippen LogP contribution in [0.15, 0.2) is 170 Å². The molecular formula is C44H28N4. The van der Waals surface area contributed by atoms with Crippen LogP contribution in [0.25, 0.3) is 88.5 Å². The van der Waals surface area contributed by atoms with Crippen LogP contribution in [0.2, 0.25) is 0 Å². The first kappa shape index (κ1) is 26.7. The summed E-state index contributed by atoms with van der Waals surface area (Å²) in [6.45, 7) is 0. The fourth-order valence-electron chi connectivity index (χ4n) is 7.39. The number of hydrogen-bond acceptors (Lipinski definition) is 2. The van der Waals surface area contributed by atoms with Crippen LogP contribution in [-0.4, -0.2) is 19.1 Å². The van der Waals surface area contributed by atoms with Crippen LogP contribution in [0, 0.1) is 0 Å². The standard InChI is InChI=1S/C44H28N4/c1-2-14-31(15-3-1)47-41-24-11-7-19-35(41)37-28-30(25-26-42(37)47)44-45-38-21-8-4-20-36(38)43(46-44)29-13-12-16-32(27-29)48-39-22-9-5-17-33(39)34-18-6-10-23-40(34)48/h1-28H. The lowest BCUT2D eigenvalue weighted by Crippen LogP contribution is -1.97. The van der Waals surface area contributed by atoms with E-state index in [1.807, 2.05) is 6.07 Å². The van der Waals surface area contributed by atoms with E-state index in [1.165, 1.54) is 38.1 Å². The summed E-state index contributed by atoms with van der Waals surface area (Å²) < 4.78 is 4.69. The van der Waals surface area contributed by atoms with Crippen LogP contribution in [0.3, 0.4) is 0 Å². The molecule has 0 N–H and O–H groups in total. The van der Waals surface area contributed by atoms with Gasteiger partial charge < -0.3 is 9.13 Å². The van der Waals surface area contributed by atoms with Crippen molar-refractivity contribution in [2.75, 3.05) is 0 Å². The number of para-hydroxylation sites is 5. The van der Waals surface area contributed by atoms with E-state index in [-0.39, 0.29) is 0 Å². The Morgan fingerprint density at radius 3 is 1.58 bits per heavy atom. The van der Waals surface area contributed by atoms with Gasteiger partial charge in [0.15, 0.2) is 5.82 Å². The Morgan fingerprint density at radius 1 is 0.333 bits per heavy atom. The van der Waals surface area contributed by atoms with Gasteiger partial charge in [-0.1, -0.05) is 103 Å². The van der Waals surface area contributed by atoms with Gasteiger partial charge in [0, 0.05) is 49.4 Å². The highest BCUT2D eigenvalue weighted by molar-refractivity contribution is 6.11. The summed E-state index contributed by atoms with van der Waals surface area (Å²) in [6.07, 6.45) is 0. The molecule has 4 nitrogen and oxygen atoms in total. The van der Waals surface area contributed by atoms with E-state index >= 15 is 0 Å². The van der Waals surface area contributed by atoms with Crippen LogP contribution < -0.4 is 0 Å². The Bertz CT molecular complexity index is 2790. The van der Waals surface area contributed by atoms with Gasteiger partial charge in [0.25, 0.3) is 0 Å². The number of rotatable bonds is 4. The Hall–Kier alpha value is -6.52. The molecule has 0 fully saturated rings. The Morgan fingerprint density at radius 2 is 0.875 bits per heavy atom. The van der Waals surface area contributed by atoms with E-state index < -0.39 is 0 Å². The smallest absolute Gasteiger partial charge is 0.160 e. The molecule has 0 aliphatic rings. The highest BCUT2D eigenvalue weighted by Gasteiger charge is 2.17. The monoisotopic (exact) mass is 612 g/mol. The van der Waals surface area contributed by atoms with Gasteiger partial charge in [-0.3, -0.25) is 0 Å². The second kappa shape index (κ2) is 10.5. The average Bonchev–Trinajstić information content (AvgIpc) is 3.67. The van der Waals surface area contributed by atoms with Gasteiger partial charge in [0.2, 0.25) is 0 Å². The zero-order valence-electron chi connectivity index (χ0n) is 26.0. The fourth-order valence-corrected chi connectivity index (χ4v) is 7.39. The van der Waals surface area contributed by atoms with Crippen molar-refractivity contribution in [3.8, 4) is 34.0 Å². The molecule has 10 aromatic rings. The third kappa shape index (κ3) is 4.03. The molecule has 0 amide bonds. The first-order valence-electron chi connectivity index (χ1n) is 16.3. The van der Waals surface area contributed by atoms with E-state index in [9.17, 15) is 0 Å². The summed E-state index contributed by atoms with van der Waals surface area (Å²) >= 11 is 0. The molecule has 0 atom stereocenters. The van der Waals surface area contributed by atoms with Gasteiger partial charge in [-0.05, 0) is 66.7 Å². The van der Waals surface area contributed by atoms with Crippen molar-refractivity contribution in [3.05, 3.63) is 170 Å². The van der Waals surface area contributed by atoms with Gasteiger partial charge in [0.05, 0.1) is 33.3 Å². The number of benzene rings is 7. The molecule has 0 radical (unpaired) electrons. The molecular weight excluding hydrogens is 585 g/mol. The zero-order valence-corrected chi connectivity index (χ0v) is 26.0. The topological polar surface area (TPSA) is 35.6 Å². The molecule has 4 heteroatoms. The molecule has 3 aromatic heterocycles. The van der Waals surface area contributed by atoms with Gasteiger partial charge in [0.1, 0.15) is 0 Å². The second-order valence-corrected chi connectivity index (χ2v) is 12.3. The van der Waals surface area contributed by atoms with Crippen LogP contribution in [-0.2, 0) is 0 Å². The lowest BCUT2D eigenvalue weighted by molar-refractivity contribution is 1.17. The number of hydrogen-bond donors (Lipinski definition) is 0. The molecule has 0 spiro atoms. The lowest BCUT2D eigenvalue weighted by Gasteiger charge is -2.13. The Labute approximate surface area is 276 Å². The molecule has 0 saturated carbocycles. The maximum Gasteiger partial charge on any atom is 0.160 e. The van der Waals surface area contributed by atoms with Crippen LogP contribution in [0.4, 0.5) is 0 Å². The van der Waals surface area contributed by atoms with Crippen LogP contribution >= 0.6 is 0 Å². The number of aromatic nitrogens is 4. The van der Waals surface area contributed by atoms with Crippen molar-refractivity contribution in [1.29, 1.82) is 0 Å². The SMILES string of the molecule is c1ccc(-n2c3ccccc3c3cc(-c4nc(-c5cccc(-n6c7ccccc7c7ccccc76)c5)c5ccccc5n4)ccc32)cc1. The normalized spacial score (nSPS) is 11.8. The quantitative estimate of drug-likeness (QED) is 0.198. The van der Waals surface area contributed by atoms with E-state index in [4.69, 9.17) is 9.97 Å². The van der Waals surface area contributed by atoms with E-state index in [1.54, 1.807) is 0 Å². The molecule has 3 heterocycles. The van der Waals surface area contributed by atoms with Gasteiger partial charge in [-0.25, -0.2) is 9.97 Å². The predicted molar refractivity (Wildman–Crippen MR) is 199 cm³/mol. The summed E-state index contributed by atoms with van der Waals surface area (Å²) in [5, 5.41) is 5.91. The molecule has 7 aromatic carbocycles. The summed E-state index contributed by atoms with van der Waals surface area (Å²) in [7, 11) is 0. The minimum atomic E-state index is 0.712. The third-order valence-corrected chi connectivity index (χ3v) is 9.51. The maximum atomic E-state index is 5.31. The zero-order chi connectivity index (χ0) is 31.6. The van der Waals surface area contributed by atoms with Gasteiger partial charge in [-0.15, -0.1) is 0 Å². The van der Waals surface area contributed by atoms with Crippen LogP contribution in [0.1, 0.15) is 0 Å².